The lowest BCUT2D eigenvalue weighted by Gasteiger charge is -2.41. The maximum absolute atomic E-state index is 12.6. The summed E-state index contributed by atoms with van der Waals surface area (Å²) in [5.74, 6) is 0.214. The smallest absolute Gasteiger partial charge is 0.408 e. The van der Waals surface area contributed by atoms with E-state index in [-0.39, 0.29) is 23.3 Å². The number of nitrogens with zero attached hydrogens (tertiary/aromatic N) is 2. The molecular formula is C19H28N4O5S. The fourth-order valence-corrected chi connectivity index (χ4v) is 5.42. The van der Waals surface area contributed by atoms with Gasteiger partial charge < -0.3 is 14.8 Å². The van der Waals surface area contributed by atoms with E-state index in [2.05, 4.69) is 20.0 Å². The molecule has 1 aliphatic carbocycles. The molecule has 29 heavy (non-hydrogen) atoms. The molecule has 0 aromatic carbocycles. The van der Waals surface area contributed by atoms with Gasteiger partial charge >= 0.3 is 6.09 Å². The summed E-state index contributed by atoms with van der Waals surface area (Å²) in [4.78, 5) is 21.1. The molecule has 10 heteroatoms. The highest BCUT2D eigenvalue weighted by Gasteiger charge is 2.48. The van der Waals surface area contributed by atoms with Crippen molar-refractivity contribution in [2.75, 3.05) is 4.72 Å². The molecule has 2 aliphatic heterocycles. The second-order valence-corrected chi connectivity index (χ2v) is 11.2. The van der Waals surface area contributed by atoms with Gasteiger partial charge in [0.1, 0.15) is 17.7 Å². The highest BCUT2D eigenvalue weighted by Crippen LogP contribution is 2.44. The molecule has 3 fully saturated rings. The zero-order chi connectivity index (χ0) is 20.9. The molecule has 9 nitrogen and oxygen atoms in total. The Balaban J connectivity index is 1.63. The van der Waals surface area contributed by atoms with Crippen molar-refractivity contribution in [2.45, 2.75) is 87.9 Å². The van der Waals surface area contributed by atoms with Gasteiger partial charge in [-0.05, 0) is 46.5 Å². The topological polar surface area (TPSA) is 120 Å². The Kier molecular flexibility index (Phi) is 4.97. The minimum Gasteiger partial charge on any atom is -0.444 e. The number of amides is 1. The molecule has 3 heterocycles. The SMILES string of the molecule is CC(C)(C)OC(=O)NC1(c2cc(NS(=O)(=O)C3CC3)ncn2)CC2CCC(C1)O2. The minimum atomic E-state index is -3.44. The molecular weight excluding hydrogens is 396 g/mol. The third-order valence-electron chi connectivity index (χ3n) is 5.46. The van der Waals surface area contributed by atoms with E-state index in [0.717, 1.165) is 12.8 Å². The third-order valence-corrected chi connectivity index (χ3v) is 7.30. The first-order chi connectivity index (χ1) is 13.5. The number of rotatable bonds is 5. The van der Waals surface area contributed by atoms with Crippen molar-refractivity contribution in [3.8, 4) is 0 Å². The van der Waals surface area contributed by atoms with Crippen molar-refractivity contribution in [1.29, 1.82) is 0 Å². The van der Waals surface area contributed by atoms with E-state index in [4.69, 9.17) is 9.47 Å². The lowest BCUT2D eigenvalue weighted by Crippen LogP contribution is -2.53. The maximum atomic E-state index is 12.6. The lowest BCUT2D eigenvalue weighted by molar-refractivity contribution is -0.0446. The summed E-state index contributed by atoms with van der Waals surface area (Å²) in [6.07, 6.45) is 5.12. The number of hydrogen-bond acceptors (Lipinski definition) is 7. The fraction of sp³-hybridized carbons (Fsp3) is 0.737. The van der Waals surface area contributed by atoms with E-state index >= 15 is 0 Å². The van der Waals surface area contributed by atoms with Gasteiger partial charge in [-0.25, -0.2) is 23.2 Å². The predicted octanol–water partition coefficient (Wildman–Crippen LogP) is 2.44. The van der Waals surface area contributed by atoms with E-state index in [0.29, 0.717) is 31.4 Å². The van der Waals surface area contributed by atoms with Crippen LogP contribution in [0.25, 0.3) is 0 Å². The molecule has 4 rings (SSSR count). The second-order valence-electron chi connectivity index (χ2n) is 9.21. The zero-order valence-electron chi connectivity index (χ0n) is 17.0. The van der Waals surface area contributed by atoms with Crippen molar-refractivity contribution in [3.05, 3.63) is 18.1 Å². The number of nitrogens with one attached hydrogen (secondary N) is 2. The van der Waals surface area contributed by atoms with Crippen LogP contribution in [0.5, 0.6) is 0 Å². The Hall–Kier alpha value is -1.94. The van der Waals surface area contributed by atoms with Gasteiger partial charge in [-0.2, -0.15) is 0 Å². The molecule has 1 aromatic heterocycles. The Morgan fingerprint density at radius 1 is 1.17 bits per heavy atom. The van der Waals surface area contributed by atoms with E-state index in [1.165, 1.54) is 6.33 Å². The molecule has 2 N–H and O–H groups in total. The highest BCUT2D eigenvalue weighted by molar-refractivity contribution is 7.93. The summed E-state index contributed by atoms with van der Waals surface area (Å²) in [7, 11) is -3.44. The number of aromatic nitrogens is 2. The molecule has 1 aromatic rings. The standard InChI is InChI=1S/C19H28N4O5S/c1-18(2,3)28-17(24)22-19(9-12-4-5-13(10-19)27-12)15-8-16(21-11-20-15)23-29(25,26)14-6-7-14/h8,11-14H,4-7,9-10H2,1-3H3,(H,22,24)(H,20,21,23). The van der Waals surface area contributed by atoms with Gasteiger partial charge in [-0.3, -0.25) is 4.72 Å². The van der Waals surface area contributed by atoms with Gasteiger partial charge in [-0.1, -0.05) is 0 Å². The third kappa shape index (κ3) is 4.63. The quantitative estimate of drug-likeness (QED) is 0.745. The van der Waals surface area contributed by atoms with Crippen molar-refractivity contribution in [1.82, 2.24) is 15.3 Å². The average molecular weight is 425 g/mol. The highest BCUT2D eigenvalue weighted by atomic mass is 32.2. The summed E-state index contributed by atoms with van der Waals surface area (Å²) >= 11 is 0. The second kappa shape index (κ2) is 7.09. The van der Waals surface area contributed by atoms with Crippen LogP contribution in [0.4, 0.5) is 10.6 Å². The fourth-order valence-electron chi connectivity index (χ4n) is 4.10. The summed E-state index contributed by atoms with van der Waals surface area (Å²) in [6, 6.07) is 1.61. The van der Waals surface area contributed by atoms with Crippen LogP contribution in [-0.4, -0.2) is 47.5 Å². The summed E-state index contributed by atoms with van der Waals surface area (Å²) in [6.45, 7) is 5.42. The van der Waals surface area contributed by atoms with Crippen LogP contribution >= 0.6 is 0 Å². The Morgan fingerprint density at radius 3 is 2.41 bits per heavy atom. The van der Waals surface area contributed by atoms with Gasteiger partial charge in [0, 0.05) is 18.9 Å². The Morgan fingerprint density at radius 2 is 1.83 bits per heavy atom. The number of anilines is 1. The first-order valence-corrected chi connectivity index (χ1v) is 11.6. The molecule has 0 radical (unpaired) electrons. The molecule has 2 unspecified atom stereocenters. The normalized spacial score (nSPS) is 29.3. The first-order valence-electron chi connectivity index (χ1n) is 10.1. The van der Waals surface area contributed by atoms with Crippen molar-refractivity contribution in [3.63, 3.8) is 0 Å². The van der Waals surface area contributed by atoms with Gasteiger partial charge in [-0.15, -0.1) is 0 Å². The lowest BCUT2D eigenvalue weighted by atomic mass is 9.83. The van der Waals surface area contributed by atoms with Crippen molar-refractivity contribution >= 4 is 21.9 Å². The monoisotopic (exact) mass is 424 g/mol. The van der Waals surface area contributed by atoms with Crippen LogP contribution in [-0.2, 0) is 25.0 Å². The van der Waals surface area contributed by atoms with Crippen LogP contribution in [0, 0.1) is 0 Å². The molecule has 2 atom stereocenters. The van der Waals surface area contributed by atoms with Crippen LogP contribution < -0.4 is 10.0 Å². The van der Waals surface area contributed by atoms with Gasteiger partial charge in [0.25, 0.3) is 0 Å². The summed E-state index contributed by atoms with van der Waals surface area (Å²) in [5, 5.41) is 2.67. The largest absolute Gasteiger partial charge is 0.444 e. The number of fused-ring (bicyclic) bond motifs is 2. The number of alkyl carbamates (subject to hydrolysis) is 1. The average Bonchev–Trinajstić information content (AvgIpc) is 3.39. The number of sulfonamides is 1. The number of hydrogen-bond donors (Lipinski definition) is 2. The molecule has 1 amide bonds. The Bertz CT molecular complexity index is 882. The molecule has 2 bridgehead atoms. The zero-order valence-corrected chi connectivity index (χ0v) is 17.8. The van der Waals surface area contributed by atoms with Crippen molar-refractivity contribution in [2.24, 2.45) is 0 Å². The summed E-state index contributed by atoms with van der Waals surface area (Å²) < 4.78 is 38.6. The molecule has 1 saturated carbocycles. The van der Waals surface area contributed by atoms with Crippen molar-refractivity contribution < 1.29 is 22.7 Å². The summed E-state index contributed by atoms with van der Waals surface area (Å²) in [5.41, 5.74) is -0.867. The van der Waals surface area contributed by atoms with E-state index < -0.39 is 27.3 Å². The number of carbonyl (C=O) groups excluding carboxylic acids is 1. The number of carbonyl (C=O) groups is 1. The molecule has 3 aliphatic rings. The minimum absolute atomic E-state index is 0.0188. The van der Waals surface area contributed by atoms with Gasteiger partial charge in [0.15, 0.2) is 0 Å². The van der Waals surface area contributed by atoms with Gasteiger partial charge in [0.05, 0.1) is 28.7 Å². The van der Waals surface area contributed by atoms with Gasteiger partial charge in [0.2, 0.25) is 10.0 Å². The van der Waals surface area contributed by atoms with Crippen LogP contribution in [0.1, 0.15) is 65.0 Å². The van der Waals surface area contributed by atoms with E-state index in [1.807, 2.05) is 20.8 Å². The van der Waals surface area contributed by atoms with Crippen LogP contribution in [0.3, 0.4) is 0 Å². The Labute approximate surface area is 171 Å². The van der Waals surface area contributed by atoms with E-state index in [1.54, 1.807) is 6.07 Å². The van der Waals surface area contributed by atoms with E-state index in [9.17, 15) is 13.2 Å². The van der Waals surface area contributed by atoms with Crippen LogP contribution in [0.15, 0.2) is 12.4 Å². The van der Waals surface area contributed by atoms with Crippen LogP contribution in [0.2, 0.25) is 0 Å². The molecule has 160 valence electrons. The first kappa shape index (κ1) is 20.3. The maximum Gasteiger partial charge on any atom is 0.408 e. The predicted molar refractivity (Wildman–Crippen MR) is 106 cm³/mol. The number of ether oxygens (including phenoxy) is 2. The molecule has 0 spiro atoms. The molecule has 2 saturated heterocycles.